The van der Waals surface area contributed by atoms with Crippen molar-refractivity contribution in [2.75, 3.05) is 5.32 Å². The highest BCUT2D eigenvalue weighted by molar-refractivity contribution is 6.33. The van der Waals surface area contributed by atoms with Gasteiger partial charge in [-0.1, -0.05) is 29.8 Å². The lowest BCUT2D eigenvalue weighted by molar-refractivity contribution is 1.15. The predicted molar refractivity (Wildman–Crippen MR) is 90.0 cm³/mol. The zero-order valence-corrected chi connectivity index (χ0v) is 12.9. The molecule has 0 radical (unpaired) electrons. The predicted octanol–water partition coefficient (Wildman–Crippen LogP) is 5.12. The molecule has 0 saturated carbocycles. The summed E-state index contributed by atoms with van der Waals surface area (Å²) in [5, 5.41) is 5.30. The minimum atomic E-state index is 0.743. The quantitative estimate of drug-likeness (QED) is 0.726. The fourth-order valence-corrected chi connectivity index (χ4v) is 2.54. The second kappa shape index (κ2) is 5.74. The Morgan fingerprint density at radius 3 is 2.71 bits per heavy atom. The normalized spacial score (nSPS) is 10.8. The maximum absolute atomic E-state index is 6.20. The molecule has 0 saturated heterocycles. The lowest BCUT2D eigenvalue weighted by Crippen LogP contribution is -2.00. The van der Waals surface area contributed by atoms with Crippen LogP contribution < -0.4 is 5.32 Å². The van der Waals surface area contributed by atoms with Crippen molar-refractivity contribution in [1.29, 1.82) is 0 Å². The van der Waals surface area contributed by atoms with Gasteiger partial charge in [-0.3, -0.25) is 4.98 Å². The van der Waals surface area contributed by atoms with Crippen LogP contribution in [-0.2, 0) is 6.54 Å². The average molecular weight is 297 g/mol. The van der Waals surface area contributed by atoms with Crippen LogP contribution in [-0.4, -0.2) is 4.98 Å². The Morgan fingerprint density at radius 2 is 1.86 bits per heavy atom. The van der Waals surface area contributed by atoms with Crippen LogP contribution in [0.1, 0.15) is 16.8 Å². The Hall–Kier alpha value is -2.06. The van der Waals surface area contributed by atoms with Crippen LogP contribution in [0.3, 0.4) is 0 Å². The molecule has 3 heteroatoms. The fourth-order valence-electron chi connectivity index (χ4n) is 2.36. The number of nitrogens with one attached hydrogen (secondary N) is 1. The summed E-state index contributed by atoms with van der Waals surface area (Å²) in [7, 11) is 0. The number of hydrogen-bond donors (Lipinski definition) is 1. The third kappa shape index (κ3) is 3.17. The first kappa shape index (κ1) is 13.9. The fraction of sp³-hybridized carbons (Fsp3) is 0.167. The zero-order valence-electron chi connectivity index (χ0n) is 12.2. The largest absolute Gasteiger partial charge is 0.380 e. The summed E-state index contributed by atoms with van der Waals surface area (Å²) >= 11 is 6.20. The van der Waals surface area contributed by atoms with Crippen molar-refractivity contribution in [3.8, 4) is 0 Å². The number of hydrogen-bond acceptors (Lipinski definition) is 2. The lowest BCUT2D eigenvalue weighted by atomic mass is 10.1. The van der Waals surface area contributed by atoms with Crippen LogP contribution >= 0.6 is 11.6 Å². The molecule has 1 heterocycles. The minimum absolute atomic E-state index is 0.743. The third-order valence-electron chi connectivity index (χ3n) is 3.50. The van der Waals surface area contributed by atoms with E-state index in [0.29, 0.717) is 0 Å². The number of halogens is 1. The molecule has 0 amide bonds. The first-order chi connectivity index (χ1) is 10.1. The molecule has 0 aliphatic rings. The number of benzene rings is 2. The molecular weight excluding hydrogens is 280 g/mol. The summed E-state index contributed by atoms with van der Waals surface area (Å²) in [5.74, 6) is 0. The molecule has 0 aliphatic heterocycles. The Morgan fingerprint density at radius 1 is 1.00 bits per heavy atom. The van der Waals surface area contributed by atoms with Gasteiger partial charge in [-0.25, -0.2) is 0 Å². The molecule has 1 N–H and O–H groups in total. The molecule has 106 valence electrons. The zero-order chi connectivity index (χ0) is 14.8. The van der Waals surface area contributed by atoms with Crippen molar-refractivity contribution < 1.29 is 0 Å². The molecule has 0 fully saturated rings. The van der Waals surface area contributed by atoms with E-state index in [9.17, 15) is 0 Å². The van der Waals surface area contributed by atoms with E-state index in [-0.39, 0.29) is 0 Å². The van der Waals surface area contributed by atoms with Crippen LogP contribution in [0.5, 0.6) is 0 Å². The van der Waals surface area contributed by atoms with E-state index in [0.717, 1.165) is 33.9 Å². The highest BCUT2D eigenvalue weighted by atomic mass is 35.5. The summed E-state index contributed by atoms with van der Waals surface area (Å²) in [5.41, 5.74) is 5.46. The van der Waals surface area contributed by atoms with Crippen LogP contribution in [0.2, 0.25) is 5.02 Å². The van der Waals surface area contributed by atoms with Gasteiger partial charge in [-0.2, -0.15) is 0 Å². The molecule has 3 rings (SSSR count). The summed E-state index contributed by atoms with van der Waals surface area (Å²) in [6, 6.07) is 16.5. The van der Waals surface area contributed by atoms with E-state index < -0.39 is 0 Å². The molecule has 0 unspecified atom stereocenters. The minimum Gasteiger partial charge on any atom is -0.380 e. The monoisotopic (exact) mass is 296 g/mol. The molecule has 0 atom stereocenters. The summed E-state index contributed by atoms with van der Waals surface area (Å²) in [6.07, 6.45) is 0. The van der Waals surface area contributed by atoms with Crippen molar-refractivity contribution in [1.82, 2.24) is 4.98 Å². The maximum atomic E-state index is 6.20. The lowest BCUT2D eigenvalue weighted by Gasteiger charge is -2.10. The smallest absolute Gasteiger partial charge is 0.0705 e. The molecular formula is C18H17ClN2. The van der Waals surface area contributed by atoms with E-state index >= 15 is 0 Å². The van der Waals surface area contributed by atoms with E-state index in [1.165, 1.54) is 11.1 Å². The third-order valence-corrected chi connectivity index (χ3v) is 3.83. The number of nitrogens with zero attached hydrogens (tertiary/aromatic N) is 1. The number of pyridine rings is 1. The van der Waals surface area contributed by atoms with Gasteiger partial charge in [0.1, 0.15) is 0 Å². The van der Waals surface area contributed by atoms with Gasteiger partial charge in [0.2, 0.25) is 0 Å². The van der Waals surface area contributed by atoms with Gasteiger partial charge in [0.05, 0.1) is 16.2 Å². The Bertz CT molecular complexity index is 796. The summed E-state index contributed by atoms with van der Waals surface area (Å²) < 4.78 is 0. The van der Waals surface area contributed by atoms with Crippen molar-refractivity contribution in [3.05, 3.63) is 70.4 Å². The Labute approximate surface area is 129 Å². The van der Waals surface area contributed by atoms with Gasteiger partial charge in [0.25, 0.3) is 0 Å². The van der Waals surface area contributed by atoms with E-state index in [4.69, 9.17) is 11.6 Å². The van der Waals surface area contributed by atoms with Gasteiger partial charge in [-0.15, -0.1) is 0 Å². The van der Waals surface area contributed by atoms with Crippen LogP contribution in [0.15, 0.2) is 48.5 Å². The number of fused-ring (bicyclic) bond motifs is 1. The molecule has 0 spiro atoms. The average Bonchev–Trinajstić information content (AvgIpc) is 2.48. The van der Waals surface area contributed by atoms with Gasteiger partial charge >= 0.3 is 0 Å². The first-order valence-corrected chi connectivity index (χ1v) is 7.36. The van der Waals surface area contributed by atoms with Gasteiger partial charge in [0, 0.05) is 17.6 Å². The SMILES string of the molecule is Cc1ccc(Cl)c(NCc2ccc3nc(C)ccc3c2)c1. The molecule has 2 nitrogen and oxygen atoms in total. The Balaban J connectivity index is 1.82. The molecule has 2 aromatic carbocycles. The van der Waals surface area contributed by atoms with Crippen molar-refractivity contribution in [3.63, 3.8) is 0 Å². The number of rotatable bonds is 3. The van der Waals surface area contributed by atoms with Crippen molar-refractivity contribution in [2.45, 2.75) is 20.4 Å². The van der Waals surface area contributed by atoms with Crippen LogP contribution in [0.4, 0.5) is 5.69 Å². The van der Waals surface area contributed by atoms with Gasteiger partial charge in [-0.05, 0) is 55.3 Å². The first-order valence-electron chi connectivity index (χ1n) is 6.98. The molecule has 21 heavy (non-hydrogen) atoms. The van der Waals surface area contributed by atoms with Crippen LogP contribution in [0, 0.1) is 13.8 Å². The standard InChI is InChI=1S/C18H17ClN2/c1-12-3-7-16(19)18(9-12)20-11-14-5-8-17-15(10-14)6-4-13(2)21-17/h3-10,20H,11H2,1-2H3. The van der Waals surface area contributed by atoms with E-state index in [1.807, 2.05) is 25.1 Å². The second-order valence-electron chi connectivity index (χ2n) is 5.32. The second-order valence-corrected chi connectivity index (χ2v) is 5.72. The number of anilines is 1. The van der Waals surface area contributed by atoms with Crippen molar-refractivity contribution in [2.24, 2.45) is 0 Å². The molecule has 0 aliphatic carbocycles. The molecule has 0 bridgehead atoms. The number of aromatic nitrogens is 1. The molecule has 3 aromatic rings. The Kier molecular flexibility index (Phi) is 3.80. The maximum Gasteiger partial charge on any atom is 0.0705 e. The van der Waals surface area contributed by atoms with Crippen molar-refractivity contribution >= 4 is 28.2 Å². The van der Waals surface area contributed by atoms with E-state index in [1.54, 1.807) is 0 Å². The summed E-state index contributed by atoms with van der Waals surface area (Å²) in [4.78, 5) is 4.52. The summed E-state index contributed by atoms with van der Waals surface area (Å²) in [6.45, 7) is 4.81. The van der Waals surface area contributed by atoms with Crippen LogP contribution in [0.25, 0.3) is 10.9 Å². The highest BCUT2D eigenvalue weighted by Crippen LogP contribution is 2.24. The van der Waals surface area contributed by atoms with Gasteiger partial charge in [0.15, 0.2) is 0 Å². The topological polar surface area (TPSA) is 24.9 Å². The van der Waals surface area contributed by atoms with Gasteiger partial charge < -0.3 is 5.32 Å². The number of aryl methyl sites for hydroxylation is 2. The van der Waals surface area contributed by atoms with E-state index in [2.05, 4.69) is 47.6 Å². The molecule has 1 aromatic heterocycles. The highest BCUT2D eigenvalue weighted by Gasteiger charge is 2.02.